The number of nitrogens with one attached hydrogen (secondary N) is 2. The van der Waals surface area contributed by atoms with Gasteiger partial charge < -0.3 is 15.5 Å². The molecule has 1 fully saturated rings. The molecule has 0 aromatic heterocycles. The molecule has 2 aliphatic heterocycles. The van der Waals surface area contributed by atoms with Crippen LogP contribution < -0.4 is 10.6 Å². The van der Waals surface area contributed by atoms with Crippen LogP contribution in [0, 0.1) is 17.1 Å². The lowest BCUT2D eigenvalue weighted by molar-refractivity contribution is -0.131. The molecule has 2 atom stereocenters. The monoisotopic (exact) mass is 316 g/mol. The van der Waals surface area contributed by atoms with Gasteiger partial charge in [-0.15, -0.1) is 0 Å². The van der Waals surface area contributed by atoms with Crippen LogP contribution in [0.5, 0.6) is 0 Å². The molecule has 118 valence electrons. The van der Waals surface area contributed by atoms with Gasteiger partial charge in [0.05, 0.1) is 18.0 Å². The van der Waals surface area contributed by atoms with E-state index in [0.717, 1.165) is 0 Å². The number of carbonyl (C=O) groups is 3. The van der Waals surface area contributed by atoms with Crippen molar-refractivity contribution in [3.05, 3.63) is 29.6 Å². The maximum Gasteiger partial charge on any atom is 0.243 e. The van der Waals surface area contributed by atoms with Crippen molar-refractivity contribution < 1.29 is 18.8 Å². The highest BCUT2D eigenvalue weighted by Gasteiger charge is 2.56. The summed E-state index contributed by atoms with van der Waals surface area (Å²) in [6.45, 7) is -0.276. The lowest BCUT2D eigenvalue weighted by Crippen LogP contribution is -2.43. The topological polar surface area (TPSA) is 102 Å². The Morgan fingerprint density at radius 1 is 1.61 bits per heavy atom. The summed E-state index contributed by atoms with van der Waals surface area (Å²) in [6, 6.07) is 5.17. The van der Waals surface area contributed by atoms with Gasteiger partial charge in [0, 0.05) is 18.7 Å². The Morgan fingerprint density at radius 2 is 2.39 bits per heavy atom. The van der Waals surface area contributed by atoms with E-state index >= 15 is 0 Å². The van der Waals surface area contributed by atoms with Crippen molar-refractivity contribution in [3.8, 4) is 6.07 Å². The van der Waals surface area contributed by atoms with E-state index in [4.69, 9.17) is 0 Å². The van der Waals surface area contributed by atoms with Gasteiger partial charge in [-0.2, -0.15) is 5.26 Å². The van der Waals surface area contributed by atoms with Crippen LogP contribution in [0.1, 0.15) is 12.0 Å². The minimum atomic E-state index is -1.13. The maximum absolute atomic E-state index is 13.6. The number of benzene rings is 1. The first kappa shape index (κ1) is 15.0. The molecule has 1 saturated heterocycles. The minimum absolute atomic E-state index is 0.0209. The zero-order valence-corrected chi connectivity index (χ0v) is 12.0. The zero-order chi connectivity index (χ0) is 16.6. The predicted molar refractivity (Wildman–Crippen MR) is 76.5 cm³/mol. The molecular weight excluding hydrogens is 303 g/mol. The Morgan fingerprint density at radius 3 is 3.09 bits per heavy atom. The van der Waals surface area contributed by atoms with E-state index in [-0.39, 0.29) is 25.4 Å². The minimum Gasteiger partial charge on any atom is -0.350 e. The number of nitrogens with zero attached hydrogens (tertiary/aromatic N) is 2. The van der Waals surface area contributed by atoms with Crippen LogP contribution >= 0.6 is 0 Å². The molecule has 3 rings (SSSR count). The summed E-state index contributed by atoms with van der Waals surface area (Å²) in [5, 5.41) is 14.2. The molecule has 2 aliphatic rings. The summed E-state index contributed by atoms with van der Waals surface area (Å²) in [5.41, 5.74) is -0.177. The number of amides is 3. The van der Waals surface area contributed by atoms with Crippen LogP contribution in [0.3, 0.4) is 0 Å². The molecule has 3 amide bonds. The second kappa shape index (κ2) is 5.35. The standard InChI is InChI=1S/C15H13FN4O3/c16-9-1-2-12-11(3-9)15(14(23)19-12)4-10(5-17)20(7-15)13(22)6-18-8-21/h1-3,8,10H,4,6-7H2,(H,18,21)(H,19,23)/t10?,15-/m0/s1. The molecule has 7 nitrogen and oxygen atoms in total. The van der Waals surface area contributed by atoms with Gasteiger partial charge in [0.25, 0.3) is 0 Å². The lowest BCUT2D eigenvalue weighted by atomic mass is 9.79. The second-order valence-electron chi connectivity index (χ2n) is 5.60. The molecule has 0 saturated carbocycles. The van der Waals surface area contributed by atoms with Crippen LogP contribution in [0.2, 0.25) is 0 Å². The highest BCUT2D eigenvalue weighted by atomic mass is 19.1. The van der Waals surface area contributed by atoms with Crippen molar-refractivity contribution in [3.63, 3.8) is 0 Å². The number of fused-ring (bicyclic) bond motifs is 2. The SMILES string of the molecule is N#CC1C[C@@]2(CN1C(=O)CNC=O)C(=O)Nc1ccc(F)cc12. The number of hydrogen-bond donors (Lipinski definition) is 2. The normalized spacial score (nSPS) is 25.0. The molecule has 1 aromatic rings. The fourth-order valence-electron chi connectivity index (χ4n) is 3.26. The van der Waals surface area contributed by atoms with E-state index < -0.39 is 23.2 Å². The number of hydrogen-bond acceptors (Lipinski definition) is 4. The van der Waals surface area contributed by atoms with Crippen molar-refractivity contribution >= 4 is 23.9 Å². The van der Waals surface area contributed by atoms with E-state index in [1.807, 2.05) is 6.07 Å². The zero-order valence-electron chi connectivity index (χ0n) is 12.0. The van der Waals surface area contributed by atoms with Gasteiger partial charge in [-0.3, -0.25) is 14.4 Å². The van der Waals surface area contributed by atoms with Gasteiger partial charge in [0.1, 0.15) is 11.9 Å². The van der Waals surface area contributed by atoms with Crippen LogP contribution in [0.15, 0.2) is 18.2 Å². The van der Waals surface area contributed by atoms with Crippen molar-refractivity contribution in [2.45, 2.75) is 17.9 Å². The average Bonchev–Trinajstić information content (AvgIpc) is 3.06. The number of halogens is 1. The van der Waals surface area contributed by atoms with Crippen molar-refractivity contribution in [1.29, 1.82) is 5.26 Å². The third-order valence-corrected chi connectivity index (χ3v) is 4.34. The van der Waals surface area contributed by atoms with Gasteiger partial charge in [-0.05, 0) is 23.8 Å². The summed E-state index contributed by atoms with van der Waals surface area (Å²) < 4.78 is 13.6. The first-order chi connectivity index (χ1) is 11.0. The Bertz CT molecular complexity index is 745. The van der Waals surface area contributed by atoms with Crippen molar-refractivity contribution in [2.24, 2.45) is 0 Å². The quantitative estimate of drug-likeness (QED) is 0.759. The van der Waals surface area contributed by atoms with Gasteiger partial charge in [-0.25, -0.2) is 4.39 Å². The van der Waals surface area contributed by atoms with E-state index in [1.54, 1.807) is 0 Å². The highest BCUT2D eigenvalue weighted by molar-refractivity contribution is 6.07. The summed E-state index contributed by atoms with van der Waals surface area (Å²) in [7, 11) is 0. The Labute approximate surface area is 131 Å². The molecule has 0 bridgehead atoms. The number of anilines is 1. The first-order valence-electron chi connectivity index (χ1n) is 6.99. The molecule has 0 radical (unpaired) electrons. The fourth-order valence-corrected chi connectivity index (χ4v) is 3.26. The molecular formula is C15H13FN4O3. The summed E-state index contributed by atoms with van der Waals surface area (Å²) in [4.78, 5) is 36.2. The van der Waals surface area contributed by atoms with E-state index in [9.17, 15) is 24.0 Å². The fraction of sp³-hybridized carbons (Fsp3) is 0.333. The van der Waals surface area contributed by atoms with Gasteiger partial charge in [-0.1, -0.05) is 0 Å². The third kappa shape index (κ3) is 2.21. The van der Waals surface area contributed by atoms with Crippen LogP contribution in [0.25, 0.3) is 0 Å². The number of rotatable bonds is 3. The molecule has 8 heteroatoms. The summed E-state index contributed by atoms with van der Waals surface area (Å²) >= 11 is 0. The largest absolute Gasteiger partial charge is 0.350 e. The molecule has 1 unspecified atom stereocenters. The van der Waals surface area contributed by atoms with Gasteiger partial charge >= 0.3 is 0 Å². The number of nitriles is 1. The van der Waals surface area contributed by atoms with Gasteiger partial charge in [0.2, 0.25) is 18.2 Å². The maximum atomic E-state index is 13.6. The number of carbonyl (C=O) groups excluding carboxylic acids is 3. The van der Waals surface area contributed by atoms with Gasteiger partial charge in [0.15, 0.2) is 0 Å². The first-order valence-corrected chi connectivity index (χ1v) is 6.99. The van der Waals surface area contributed by atoms with Crippen molar-refractivity contribution in [1.82, 2.24) is 10.2 Å². The highest BCUT2D eigenvalue weighted by Crippen LogP contribution is 2.46. The molecule has 2 heterocycles. The predicted octanol–water partition coefficient (Wildman–Crippen LogP) is -0.114. The smallest absolute Gasteiger partial charge is 0.243 e. The van der Waals surface area contributed by atoms with E-state index in [2.05, 4.69) is 10.6 Å². The Balaban J connectivity index is 1.97. The second-order valence-corrected chi connectivity index (χ2v) is 5.60. The Kier molecular flexibility index (Phi) is 3.48. The summed E-state index contributed by atoms with van der Waals surface area (Å²) in [6.07, 6.45) is 0.483. The van der Waals surface area contributed by atoms with E-state index in [1.165, 1.54) is 23.1 Å². The average molecular weight is 316 g/mol. The lowest BCUT2D eigenvalue weighted by Gasteiger charge is -2.22. The molecule has 0 aliphatic carbocycles. The van der Waals surface area contributed by atoms with Crippen LogP contribution in [0.4, 0.5) is 10.1 Å². The number of likely N-dealkylation sites (tertiary alicyclic amines) is 1. The van der Waals surface area contributed by atoms with E-state index in [0.29, 0.717) is 17.7 Å². The summed E-state index contributed by atoms with van der Waals surface area (Å²) in [5.74, 6) is -1.30. The Hall–Kier alpha value is -2.95. The molecule has 23 heavy (non-hydrogen) atoms. The molecule has 2 N–H and O–H groups in total. The van der Waals surface area contributed by atoms with Crippen molar-refractivity contribution in [2.75, 3.05) is 18.4 Å². The van der Waals surface area contributed by atoms with Crippen LogP contribution in [-0.2, 0) is 19.8 Å². The van der Waals surface area contributed by atoms with Crippen LogP contribution in [-0.4, -0.2) is 42.3 Å². The molecule has 1 aromatic carbocycles. The molecule has 1 spiro atoms. The third-order valence-electron chi connectivity index (χ3n) is 4.34.